The lowest BCUT2D eigenvalue weighted by molar-refractivity contribution is -0.148. The fraction of sp³-hybridized carbons (Fsp3) is 0.423. The van der Waals surface area contributed by atoms with Crippen molar-refractivity contribution >= 4 is 17.6 Å². The number of esters is 1. The fourth-order valence-electron chi connectivity index (χ4n) is 3.54. The summed E-state index contributed by atoms with van der Waals surface area (Å²) in [4.78, 5) is 11.7. The zero-order chi connectivity index (χ0) is 20.5. The van der Waals surface area contributed by atoms with Gasteiger partial charge in [0, 0.05) is 5.56 Å². The first kappa shape index (κ1) is 21.2. The number of hydrogen-bond donors (Lipinski definition) is 0. The second-order valence-corrected chi connectivity index (χ2v) is 7.75. The number of fused-ring (bicyclic) bond motifs is 1. The minimum atomic E-state index is -0.0827. The van der Waals surface area contributed by atoms with Crippen LogP contribution in [0, 0.1) is 5.92 Å². The summed E-state index contributed by atoms with van der Waals surface area (Å²) in [6.45, 7) is 5.11. The van der Waals surface area contributed by atoms with E-state index in [2.05, 4.69) is 54.6 Å². The van der Waals surface area contributed by atoms with Crippen LogP contribution in [0.1, 0.15) is 62.6 Å². The van der Waals surface area contributed by atoms with Gasteiger partial charge in [0.05, 0.1) is 19.1 Å². The van der Waals surface area contributed by atoms with Gasteiger partial charge in [-0.2, -0.15) is 0 Å². The quantitative estimate of drug-likeness (QED) is 0.351. The summed E-state index contributed by atoms with van der Waals surface area (Å²) < 4.78 is 11.4. The first-order valence-corrected chi connectivity index (χ1v) is 10.9. The zero-order valence-corrected chi connectivity index (χ0v) is 17.7. The van der Waals surface area contributed by atoms with Crippen LogP contribution in [0.2, 0.25) is 0 Å². The number of hydrogen-bond acceptors (Lipinski definition) is 3. The Morgan fingerprint density at radius 3 is 2.55 bits per heavy atom. The molecule has 2 aromatic carbocycles. The number of aryl methyl sites for hydroxylation is 1. The second-order valence-electron chi connectivity index (χ2n) is 7.75. The molecule has 0 spiro atoms. The molecule has 3 nitrogen and oxygen atoms in total. The van der Waals surface area contributed by atoms with Crippen molar-refractivity contribution in [3.8, 4) is 5.75 Å². The highest BCUT2D eigenvalue weighted by molar-refractivity contribution is 5.86. The van der Waals surface area contributed by atoms with Crippen LogP contribution < -0.4 is 4.74 Å². The number of carbonyl (C=O) groups excluding carboxylic acids is 1. The number of rotatable bonds is 10. The van der Waals surface area contributed by atoms with Crippen LogP contribution in [0.25, 0.3) is 11.6 Å². The molecule has 3 rings (SSSR count). The third kappa shape index (κ3) is 5.96. The van der Waals surface area contributed by atoms with Crippen molar-refractivity contribution in [2.24, 2.45) is 5.92 Å². The highest BCUT2D eigenvalue weighted by atomic mass is 16.5. The molecule has 0 fully saturated rings. The average Bonchev–Trinajstić information content (AvgIpc) is 2.78. The lowest BCUT2D eigenvalue weighted by Crippen LogP contribution is -2.14. The van der Waals surface area contributed by atoms with Gasteiger partial charge in [-0.1, -0.05) is 56.3 Å². The standard InChI is InChI=1S/C26H32O3/c1-3-20(2)26(27)29-18-9-5-8-17-28-25-14-10-13-22-15-16-23(19-24(22)25)21-11-6-4-7-12-21/h4,6-7,10-14,19-20H,3,5,8-9,15-18H2,1-2H3. The smallest absolute Gasteiger partial charge is 0.308 e. The van der Waals surface area contributed by atoms with E-state index in [9.17, 15) is 4.79 Å². The molecule has 1 aliphatic rings. The van der Waals surface area contributed by atoms with Gasteiger partial charge in [0.15, 0.2) is 0 Å². The van der Waals surface area contributed by atoms with E-state index in [1.165, 1.54) is 22.3 Å². The van der Waals surface area contributed by atoms with E-state index >= 15 is 0 Å². The minimum Gasteiger partial charge on any atom is -0.493 e. The number of carbonyl (C=O) groups is 1. The predicted molar refractivity (Wildman–Crippen MR) is 119 cm³/mol. The molecule has 0 aromatic heterocycles. The first-order chi connectivity index (χ1) is 14.2. The Hall–Kier alpha value is -2.55. The highest BCUT2D eigenvalue weighted by Gasteiger charge is 2.15. The van der Waals surface area contributed by atoms with Gasteiger partial charge in [0.2, 0.25) is 0 Å². The van der Waals surface area contributed by atoms with Gasteiger partial charge in [-0.3, -0.25) is 4.79 Å². The molecule has 29 heavy (non-hydrogen) atoms. The van der Waals surface area contributed by atoms with Crippen molar-refractivity contribution in [2.75, 3.05) is 13.2 Å². The third-order valence-electron chi connectivity index (χ3n) is 5.59. The first-order valence-electron chi connectivity index (χ1n) is 10.9. The normalized spacial score (nSPS) is 13.9. The third-order valence-corrected chi connectivity index (χ3v) is 5.59. The Morgan fingerprint density at radius 2 is 1.76 bits per heavy atom. The topological polar surface area (TPSA) is 35.5 Å². The maximum atomic E-state index is 11.7. The summed E-state index contributed by atoms with van der Waals surface area (Å²) in [5.41, 5.74) is 5.25. The van der Waals surface area contributed by atoms with Crippen molar-refractivity contribution in [1.29, 1.82) is 0 Å². The van der Waals surface area contributed by atoms with E-state index < -0.39 is 0 Å². The summed E-state index contributed by atoms with van der Waals surface area (Å²) in [5, 5.41) is 0. The molecule has 0 saturated carbocycles. The van der Waals surface area contributed by atoms with Crippen molar-refractivity contribution in [1.82, 2.24) is 0 Å². The molecule has 0 aliphatic heterocycles. The van der Waals surface area contributed by atoms with E-state index in [4.69, 9.17) is 9.47 Å². The van der Waals surface area contributed by atoms with E-state index in [0.29, 0.717) is 13.2 Å². The Kier molecular flexibility index (Phi) is 7.92. The van der Waals surface area contributed by atoms with Gasteiger partial charge in [-0.15, -0.1) is 0 Å². The summed E-state index contributed by atoms with van der Waals surface area (Å²) in [7, 11) is 0. The minimum absolute atomic E-state index is 0.00331. The Balaban J connectivity index is 1.48. The molecule has 0 N–H and O–H groups in total. The van der Waals surface area contributed by atoms with Gasteiger partial charge in [0.1, 0.15) is 5.75 Å². The molecule has 0 amide bonds. The van der Waals surface area contributed by atoms with Gasteiger partial charge in [-0.05, 0) is 67.4 Å². The molecule has 0 radical (unpaired) electrons. The molecule has 154 valence electrons. The largest absolute Gasteiger partial charge is 0.493 e. The molecule has 0 bridgehead atoms. The van der Waals surface area contributed by atoms with Crippen molar-refractivity contribution in [2.45, 2.75) is 52.4 Å². The molecular formula is C26H32O3. The van der Waals surface area contributed by atoms with Crippen LogP contribution >= 0.6 is 0 Å². The lowest BCUT2D eigenvalue weighted by Gasteiger charge is -2.20. The molecule has 2 aromatic rings. The molecule has 1 aliphatic carbocycles. The molecule has 0 saturated heterocycles. The summed E-state index contributed by atoms with van der Waals surface area (Å²) in [6, 6.07) is 16.9. The van der Waals surface area contributed by atoms with Crippen LogP contribution in [0.4, 0.5) is 0 Å². The SMILES string of the molecule is CCC(C)C(=O)OCCCCCOc1cccc2c1C=C(c1ccccc1)CC2. The van der Waals surface area contributed by atoms with E-state index in [1.807, 2.05) is 13.8 Å². The zero-order valence-electron chi connectivity index (χ0n) is 17.7. The monoisotopic (exact) mass is 392 g/mol. The highest BCUT2D eigenvalue weighted by Crippen LogP contribution is 2.35. The predicted octanol–water partition coefficient (Wildman–Crippen LogP) is 6.31. The number of unbranched alkanes of at least 4 members (excludes halogenated alkanes) is 2. The summed E-state index contributed by atoms with van der Waals surface area (Å²) in [5.74, 6) is 0.885. The van der Waals surface area contributed by atoms with Gasteiger partial charge in [0.25, 0.3) is 0 Å². The molecule has 3 heteroatoms. The summed E-state index contributed by atoms with van der Waals surface area (Å²) in [6.07, 6.45) is 8.07. The van der Waals surface area contributed by atoms with Crippen LogP contribution in [0.5, 0.6) is 5.75 Å². The molecule has 1 atom stereocenters. The van der Waals surface area contributed by atoms with Crippen molar-refractivity contribution < 1.29 is 14.3 Å². The molecule has 1 unspecified atom stereocenters. The van der Waals surface area contributed by atoms with Crippen LogP contribution in [0.15, 0.2) is 48.5 Å². The number of ether oxygens (including phenoxy) is 2. The van der Waals surface area contributed by atoms with Gasteiger partial charge < -0.3 is 9.47 Å². The Labute approximate surface area is 174 Å². The Morgan fingerprint density at radius 1 is 0.966 bits per heavy atom. The Bertz CT molecular complexity index is 823. The number of benzene rings is 2. The van der Waals surface area contributed by atoms with Crippen LogP contribution in [-0.2, 0) is 16.0 Å². The van der Waals surface area contributed by atoms with Crippen molar-refractivity contribution in [3.63, 3.8) is 0 Å². The summed E-state index contributed by atoms with van der Waals surface area (Å²) >= 11 is 0. The molecule has 0 heterocycles. The maximum absolute atomic E-state index is 11.7. The van der Waals surface area contributed by atoms with Crippen LogP contribution in [0.3, 0.4) is 0 Å². The van der Waals surface area contributed by atoms with Gasteiger partial charge in [-0.25, -0.2) is 0 Å². The maximum Gasteiger partial charge on any atom is 0.308 e. The van der Waals surface area contributed by atoms with Crippen molar-refractivity contribution in [3.05, 3.63) is 65.2 Å². The lowest BCUT2D eigenvalue weighted by atomic mass is 9.88. The molecular weight excluding hydrogens is 360 g/mol. The van der Waals surface area contributed by atoms with E-state index in [0.717, 1.165) is 44.3 Å². The van der Waals surface area contributed by atoms with E-state index in [-0.39, 0.29) is 11.9 Å². The fourth-order valence-corrected chi connectivity index (χ4v) is 3.54. The van der Waals surface area contributed by atoms with E-state index in [1.54, 1.807) is 0 Å². The van der Waals surface area contributed by atoms with Gasteiger partial charge >= 0.3 is 5.97 Å². The van der Waals surface area contributed by atoms with Crippen LogP contribution in [-0.4, -0.2) is 19.2 Å². The average molecular weight is 393 g/mol. The second kappa shape index (κ2) is 10.8. The number of allylic oxidation sites excluding steroid dienone is 1.